The third-order valence-electron chi connectivity index (χ3n) is 4.74. The summed E-state index contributed by atoms with van der Waals surface area (Å²) >= 11 is 0.813. The molecule has 2 aromatic rings. The van der Waals surface area contributed by atoms with E-state index in [0.717, 1.165) is 42.7 Å². The van der Waals surface area contributed by atoms with Crippen molar-refractivity contribution < 1.29 is 27.4 Å². The lowest BCUT2D eigenvalue weighted by Gasteiger charge is -2.16. The first kappa shape index (κ1) is 26.2. The smallest absolute Gasteiger partial charge is 0.406 e. The Morgan fingerprint density at radius 2 is 2.09 bits per heavy atom. The van der Waals surface area contributed by atoms with Gasteiger partial charge in [0.15, 0.2) is 22.3 Å². The van der Waals surface area contributed by atoms with Crippen LogP contribution in [0.2, 0.25) is 0 Å². The highest BCUT2D eigenvalue weighted by Gasteiger charge is 2.32. The second kappa shape index (κ2) is 11.8. The van der Waals surface area contributed by atoms with Gasteiger partial charge >= 0.3 is 6.36 Å². The lowest BCUT2D eigenvalue weighted by Crippen LogP contribution is -2.24. The molecule has 14 heteroatoms. The number of benzene rings is 1. The van der Waals surface area contributed by atoms with Gasteiger partial charge < -0.3 is 25.8 Å². The summed E-state index contributed by atoms with van der Waals surface area (Å²) in [5.41, 5.74) is 12.0. The Labute approximate surface area is 203 Å². The number of rotatable bonds is 7. The van der Waals surface area contributed by atoms with Gasteiger partial charge in [-0.25, -0.2) is 0 Å². The van der Waals surface area contributed by atoms with Crippen molar-refractivity contribution in [2.45, 2.75) is 31.9 Å². The van der Waals surface area contributed by atoms with Crippen molar-refractivity contribution in [2.24, 2.45) is 21.5 Å². The molecule has 1 aliphatic heterocycles. The van der Waals surface area contributed by atoms with Crippen LogP contribution < -0.4 is 21.1 Å². The summed E-state index contributed by atoms with van der Waals surface area (Å²) in [4.78, 5) is 22.9. The fourth-order valence-corrected chi connectivity index (χ4v) is 3.92. The van der Waals surface area contributed by atoms with Crippen LogP contribution in [0.25, 0.3) is 0 Å². The molecule has 0 radical (unpaired) electrons. The Balaban J connectivity index is 1.64. The average molecular weight is 512 g/mol. The van der Waals surface area contributed by atoms with Crippen molar-refractivity contribution in [2.75, 3.05) is 24.6 Å². The van der Waals surface area contributed by atoms with Gasteiger partial charge in [-0.3, -0.25) is 9.79 Å². The van der Waals surface area contributed by atoms with Gasteiger partial charge in [0.2, 0.25) is 0 Å². The zero-order valence-corrected chi connectivity index (χ0v) is 19.5. The predicted molar refractivity (Wildman–Crippen MR) is 126 cm³/mol. The molecule has 2 atom stereocenters. The molecular weight excluding hydrogens is 487 g/mol. The molecule has 1 aliphatic rings. The Kier molecular flexibility index (Phi) is 8.87. The zero-order chi connectivity index (χ0) is 25.4. The van der Waals surface area contributed by atoms with E-state index in [4.69, 9.17) is 16.2 Å². The molecule has 1 aromatic heterocycles. The van der Waals surface area contributed by atoms with Crippen molar-refractivity contribution in [3.8, 4) is 5.75 Å². The van der Waals surface area contributed by atoms with Crippen LogP contribution >= 0.6 is 11.8 Å². The van der Waals surface area contributed by atoms with Crippen LogP contribution in [-0.4, -0.2) is 58.5 Å². The molecule has 1 aromatic carbocycles. The van der Waals surface area contributed by atoms with Crippen molar-refractivity contribution in [1.82, 2.24) is 10.2 Å². The topological polar surface area (TPSA) is 141 Å². The molecule has 0 bridgehead atoms. The third-order valence-corrected chi connectivity index (χ3v) is 5.35. The average Bonchev–Trinajstić information content (AvgIpc) is 3.25. The van der Waals surface area contributed by atoms with Crippen LogP contribution in [0.4, 0.5) is 19.0 Å². The van der Waals surface area contributed by atoms with E-state index in [1.165, 1.54) is 12.1 Å². The number of nitrogens with two attached hydrogens (primary N) is 2. The molecule has 3 rings (SSSR count). The fourth-order valence-electron chi connectivity index (χ4n) is 3.37. The van der Waals surface area contributed by atoms with Crippen molar-refractivity contribution in [3.05, 3.63) is 48.2 Å². The number of amides is 1. The van der Waals surface area contributed by atoms with Gasteiger partial charge in [0.1, 0.15) is 5.75 Å². The van der Waals surface area contributed by atoms with E-state index in [2.05, 4.69) is 24.9 Å². The van der Waals surface area contributed by atoms with Gasteiger partial charge in [-0.05, 0) is 54.9 Å². The summed E-state index contributed by atoms with van der Waals surface area (Å²) in [7, 11) is 0. The number of aliphatic imine (C=N–C) groups is 2. The molecule has 2 heterocycles. The third kappa shape index (κ3) is 8.10. The Morgan fingerprint density at radius 3 is 2.77 bits per heavy atom. The van der Waals surface area contributed by atoms with Crippen LogP contribution in [0.1, 0.15) is 25.0 Å². The number of halogens is 3. The first-order valence-electron chi connectivity index (χ1n) is 10.5. The summed E-state index contributed by atoms with van der Waals surface area (Å²) in [6.45, 7) is 3.07. The van der Waals surface area contributed by atoms with Gasteiger partial charge in [0.25, 0.3) is 5.91 Å². The number of hydrogen-bond donors (Lipinski definition) is 2. The number of carbonyl (C=O) groups is 1. The number of amidine groups is 2. The molecule has 2 unspecified atom stereocenters. The molecule has 188 valence electrons. The van der Waals surface area contributed by atoms with Crippen LogP contribution in [0, 0.1) is 0 Å². The predicted octanol–water partition coefficient (Wildman–Crippen LogP) is 2.62. The minimum absolute atomic E-state index is 0.0967. The maximum Gasteiger partial charge on any atom is 0.573 e. The van der Waals surface area contributed by atoms with Crippen LogP contribution in [-0.2, 0) is 9.53 Å². The number of carbonyl (C=O) groups excluding carboxylic acids is 1. The largest absolute Gasteiger partial charge is 0.573 e. The molecule has 0 spiro atoms. The first-order valence-corrected chi connectivity index (χ1v) is 11.4. The molecule has 0 aliphatic carbocycles. The molecule has 1 fully saturated rings. The molecule has 1 amide bonds. The fraction of sp³-hybridized carbons (Fsp3) is 0.381. The van der Waals surface area contributed by atoms with E-state index in [1.807, 2.05) is 11.0 Å². The Morgan fingerprint density at radius 1 is 1.29 bits per heavy atom. The van der Waals surface area contributed by atoms with E-state index in [9.17, 15) is 18.0 Å². The minimum Gasteiger partial charge on any atom is -0.406 e. The summed E-state index contributed by atoms with van der Waals surface area (Å²) in [6.07, 6.45) is -3.80. The van der Waals surface area contributed by atoms with Crippen molar-refractivity contribution in [1.29, 1.82) is 0 Å². The lowest BCUT2D eigenvalue weighted by molar-refractivity contribution is -0.274. The highest BCUT2D eigenvalue weighted by Crippen LogP contribution is 2.28. The Hall–Kier alpha value is -3.39. The summed E-state index contributed by atoms with van der Waals surface area (Å²) in [6, 6.07) is 8.47. The normalized spacial score (nSPS) is 17.9. The first-order chi connectivity index (χ1) is 16.6. The summed E-state index contributed by atoms with van der Waals surface area (Å²) in [5.74, 6) is -0.541. The van der Waals surface area contributed by atoms with E-state index in [-0.39, 0.29) is 28.5 Å². The van der Waals surface area contributed by atoms with Gasteiger partial charge in [-0.15, -0.1) is 18.3 Å². The Bertz CT molecular complexity index is 1070. The number of thioether (sulfide) groups is 1. The maximum absolute atomic E-state index is 12.7. The molecule has 1 saturated heterocycles. The van der Waals surface area contributed by atoms with E-state index in [0.29, 0.717) is 6.54 Å². The van der Waals surface area contributed by atoms with Gasteiger partial charge in [-0.2, -0.15) is 10.1 Å². The standard InChI is InChI=1S/C21H24F3N7O3S/c1-2-33-17(13-5-3-6-15(11-13)34-21(22,23)24)18(32)29-20(26)35-19(25)28-14-8-10-31(12-14)16-7-4-9-27-30-16/h3-7,9,11,14,17H,2,8,10,12H2,1H3,(H2,25,28)(H2,26,29,32). The number of alkyl halides is 3. The molecule has 10 nitrogen and oxygen atoms in total. The van der Waals surface area contributed by atoms with E-state index >= 15 is 0 Å². The van der Waals surface area contributed by atoms with Crippen LogP contribution in [0.3, 0.4) is 0 Å². The SMILES string of the molecule is CCOC(C(=O)N=C(N)SC(N)=NC1CCN(c2cccnn2)C1)c1cccc(OC(F)(F)F)c1. The quantitative estimate of drug-likeness (QED) is 0.424. The van der Waals surface area contributed by atoms with Crippen molar-refractivity contribution >= 4 is 33.8 Å². The molecule has 35 heavy (non-hydrogen) atoms. The maximum atomic E-state index is 12.7. The van der Waals surface area contributed by atoms with Crippen LogP contribution in [0.15, 0.2) is 52.6 Å². The van der Waals surface area contributed by atoms with E-state index < -0.39 is 24.1 Å². The zero-order valence-electron chi connectivity index (χ0n) is 18.7. The number of aromatic nitrogens is 2. The number of ether oxygens (including phenoxy) is 2. The highest BCUT2D eigenvalue weighted by molar-refractivity contribution is 8.26. The monoisotopic (exact) mass is 511 g/mol. The minimum atomic E-state index is -4.87. The second-order valence-corrected chi connectivity index (χ2v) is 8.32. The molecule has 0 saturated carbocycles. The number of anilines is 1. The molecular formula is C21H24F3N7O3S. The van der Waals surface area contributed by atoms with Crippen molar-refractivity contribution in [3.63, 3.8) is 0 Å². The molecule has 4 N–H and O–H groups in total. The van der Waals surface area contributed by atoms with Gasteiger partial charge in [0, 0.05) is 25.9 Å². The number of hydrogen-bond acceptors (Lipinski definition) is 8. The van der Waals surface area contributed by atoms with Gasteiger partial charge in [0.05, 0.1) is 6.04 Å². The highest BCUT2D eigenvalue weighted by atomic mass is 32.2. The summed E-state index contributed by atoms with van der Waals surface area (Å²) < 4.78 is 46.9. The summed E-state index contributed by atoms with van der Waals surface area (Å²) in [5, 5.41) is 7.89. The second-order valence-electron chi connectivity index (χ2n) is 7.28. The van der Waals surface area contributed by atoms with Crippen LogP contribution in [0.5, 0.6) is 5.75 Å². The van der Waals surface area contributed by atoms with E-state index in [1.54, 1.807) is 19.2 Å². The van der Waals surface area contributed by atoms with Gasteiger partial charge in [-0.1, -0.05) is 12.1 Å². The lowest BCUT2D eigenvalue weighted by atomic mass is 10.1. The number of nitrogens with zero attached hydrogens (tertiary/aromatic N) is 5.